The average Bonchev–Trinajstić information content (AvgIpc) is 2.12. The van der Waals surface area contributed by atoms with E-state index in [0.29, 0.717) is 30.9 Å². The first-order chi connectivity index (χ1) is 7.11. The number of ether oxygens (including phenoxy) is 1. The van der Waals surface area contributed by atoms with Crippen molar-refractivity contribution >= 4 is 11.6 Å². The van der Waals surface area contributed by atoms with Gasteiger partial charge >= 0.3 is 0 Å². The van der Waals surface area contributed by atoms with Crippen LogP contribution in [0.4, 0.5) is 11.6 Å². The van der Waals surface area contributed by atoms with Crippen LogP contribution in [-0.2, 0) is 11.3 Å². The molecule has 0 atom stereocenters. The molecule has 1 heterocycles. The van der Waals surface area contributed by atoms with Crippen molar-refractivity contribution < 1.29 is 4.74 Å². The van der Waals surface area contributed by atoms with Gasteiger partial charge in [0.2, 0.25) is 0 Å². The van der Waals surface area contributed by atoms with Gasteiger partial charge in [0.05, 0.1) is 0 Å². The van der Waals surface area contributed by atoms with Crippen molar-refractivity contribution in [2.24, 2.45) is 0 Å². The highest BCUT2D eigenvalue weighted by atomic mass is 16.5. The number of anilines is 2. The van der Waals surface area contributed by atoms with E-state index in [1.165, 1.54) is 0 Å². The number of nitrogens with zero attached hydrogens (tertiary/aromatic N) is 2. The molecule has 0 aliphatic heterocycles. The number of rotatable bonds is 5. The Kier molecular flexibility index (Phi) is 4.30. The number of nitrogens with one attached hydrogen (secondary N) is 1. The third kappa shape index (κ3) is 4.12. The van der Waals surface area contributed by atoms with E-state index in [-0.39, 0.29) is 0 Å². The number of hydrogen-bond donors (Lipinski definition) is 2. The fourth-order valence-corrected chi connectivity index (χ4v) is 1.15. The van der Waals surface area contributed by atoms with Gasteiger partial charge in [0.1, 0.15) is 18.2 Å². The van der Waals surface area contributed by atoms with E-state index in [0.717, 1.165) is 5.82 Å². The van der Waals surface area contributed by atoms with Gasteiger partial charge in [-0.15, -0.1) is 0 Å². The van der Waals surface area contributed by atoms with Crippen LogP contribution in [0.15, 0.2) is 6.07 Å². The van der Waals surface area contributed by atoms with E-state index in [4.69, 9.17) is 10.5 Å². The maximum atomic E-state index is 5.66. The van der Waals surface area contributed by atoms with Gasteiger partial charge in [-0.3, -0.25) is 0 Å². The van der Waals surface area contributed by atoms with Gasteiger partial charge in [-0.1, -0.05) is 0 Å². The van der Waals surface area contributed by atoms with E-state index in [2.05, 4.69) is 15.3 Å². The summed E-state index contributed by atoms with van der Waals surface area (Å²) in [5.41, 5.74) is 5.66. The topological polar surface area (TPSA) is 73.1 Å². The zero-order valence-corrected chi connectivity index (χ0v) is 9.45. The van der Waals surface area contributed by atoms with Gasteiger partial charge in [-0.2, -0.15) is 0 Å². The van der Waals surface area contributed by atoms with E-state index in [1.807, 2.05) is 20.8 Å². The zero-order valence-electron chi connectivity index (χ0n) is 9.45. The van der Waals surface area contributed by atoms with Crippen LogP contribution in [0.5, 0.6) is 0 Å². The van der Waals surface area contributed by atoms with Crippen molar-refractivity contribution in [1.82, 2.24) is 9.97 Å². The fourth-order valence-electron chi connectivity index (χ4n) is 1.15. The van der Waals surface area contributed by atoms with Crippen molar-refractivity contribution in [2.45, 2.75) is 33.4 Å². The Morgan fingerprint density at radius 3 is 2.80 bits per heavy atom. The molecular formula is C10H18N4O. The Labute approximate surface area is 90.1 Å². The third-order valence-electron chi connectivity index (χ3n) is 1.66. The van der Waals surface area contributed by atoms with Gasteiger partial charge < -0.3 is 15.8 Å². The Hall–Kier alpha value is -1.36. The minimum Gasteiger partial charge on any atom is -0.384 e. The summed E-state index contributed by atoms with van der Waals surface area (Å²) in [5, 5.41) is 3.18. The van der Waals surface area contributed by atoms with Gasteiger partial charge in [-0.25, -0.2) is 9.97 Å². The van der Waals surface area contributed by atoms with Gasteiger partial charge in [0.25, 0.3) is 0 Å². The van der Waals surface area contributed by atoms with Crippen molar-refractivity contribution in [3.8, 4) is 0 Å². The minimum absolute atomic E-state index is 0.319. The quantitative estimate of drug-likeness (QED) is 0.768. The highest BCUT2D eigenvalue weighted by Gasteiger charge is 2.03. The van der Waals surface area contributed by atoms with Crippen LogP contribution in [0.2, 0.25) is 0 Å². The van der Waals surface area contributed by atoms with Crippen LogP contribution < -0.4 is 11.1 Å². The van der Waals surface area contributed by atoms with Crippen LogP contribution in [0.3, 0.4) is 0 Å². The lowest BCUT2D eigenvalue weighted by molar-refractivity contribution is 0.128. The lowest BCUT2D eigenvalue weighted by Gasteiger charge is -2.10. The monoisotopic (exact) mass is 210 g/mol. The molecule has 0 spiro atoms. The molecule has 0 aliphatic carbocycles. The summed E-state index contributed by atoms with van der Waals surface area (Å²) in [6, 6.07) is 2.04. The molecule has 0 bridgehead atoms. The molecule has 1 aromatic rings. The summed E-state index contributed by atoms with van der Waals surface area (Å²) in [7, 11) is 0. The summed E-state index contributed by atoms with van der Waals surface area (Å²) in [6.45, 7) is 7.06. The largest absolute Gasteiger partial charge is 0.384 e. The highest BCUT2D eigenvalue weighted by molar-refractivity contribution is 5.44. The first kappa shape index (κ1) is 11.7. The van der Waals surface area contributed by atoms with E-state index >= 15 is 0 Å². The molecule has 0 saturated heterocycles. The molecule has 5 nitrogen and oxygen atoms in total. The lowest BCUT2D eigenvalue weighted by atomic mass is 10.4. The smallest absolute Gasteiger partial charge is 0.158 e. The predicted molar refractivity (Wildman–Crippen MR) is 60.5 cm³/mol. The summed E-state index contributed by atoms with van der Waals surface area (Å²) < 4.78 is 5.23. The van der Waals surface area contributed by atoms with Crippen LogP contribution >= 0.6 is 0 Å². The summed E-state index contributed by atoms with van der Waals surface area (Å²) in [4.78, 5) is 8.36. The minimum atomic E-state index is 0.319. The second kappa shape index (κ2) is 5.50. The molecule has 3 N–H and O–H groups in total. The number of nitrogen functional groups attached to an aromatic ring is 1. The first-order valence-electron chi connectivity index (χ1n) is 5.09. The zero-order chi connectivity index (χ0) is 11.3. The Morgan fingerprint density at radius 2 is 2.20 bits per heavy atom. The molecule has 0 radical (unpaired) electrons. The Morgan fingerprint density at radius 1 is 1.47 bits per heavy atom. The second-order valence-corrected chi connectivity index (χ2v) is 3.53. The lowest BCUT2D eigenvalue weighted by Crippen LogP contribution is -2.13. The summed E-state index contributed by atoms with van der Waals surface area (Å²) in [6.07, 6.45) is 0. The number of aromatic nitrogens is 2. The fraction of sp³-hybridized carbons (Fsp3) is 0.600. The average molecular weight is 210 g/mol. The molecule has 1 rings (SSSR count). The molecule has 0 aliphatic rings. The molecule has 0 unspecified atom stereocenters. The van der Waals surface area contributed by atoms with Crippen LogP contribution in [-0.4, -0.2) is 22.6 Å². The first-order valence-corrected chi connectivity index (χ1v) is 5.09. The van der Waals surface area contributed by atoms with Crippen molar-refractivity contribution in [2.75, 3.05) is 17.7 Å². The van der Waals surface area contributed by atoms with Crippen LogP contribution in [0.25, 0.3) is 0 Å². The number of hydrogen-bond acceptors (Lipinski definition) is 5. The van der Waals surface area contributed by atoms with E-state index < -0.39 is 0 Å². The molecule has 5 heteroatoms. The maximum absolute atomic E-state index is 5.66. The molecule has 15 heavy (non-hydrogen) atoms. The molecule has 0 fully saturated rings. The predicted octanol–water partition coefficient (Wildman–Crippen LogP) is 1.42. The standard InChI is InChI=1S/C10H18N4O/c1-4-15-6-10-13-8(11)5-9(14-10)12-7(2)3/h5,7H,4,6H2,1-3H3,(H3,11,12,13,14). The molecule has 84 valence electrons. The third-order valence-corrected chi connectivity index (χ3v) is 1.66. The van der Waals surface area contributed by atoms with Gasteiger partial charge in [0.15, 0.2) is 5.82 Å². The number of nitrogens with two attached hydrogens (primary N) is 1. The molecule has 1 aromatic heterocycles. The van der Waals surface area contributed by atoms with Crippen molar-refractivity contribution in [3.05, 3.63) is 11.9 Å². The van der Waals surface area contributed by atoms with Gasteiger partial charge in [0, 0.05) is 18.7 Å². The molecule has 0 saturated carbocycles. The maximum Gasteiger partial charge on any atom is 0.158 e. The SMILES string of the molecule is CCOCc1nc(N)cc(NC(C)C)n1. The molecule has 0 aromatic carbocycles. The van der Waals surface area contributed by atoms with E-state index in [9.17, 15) is 0 Å². The van der Waals surface area contributed by atoms with Crippen molar-refractivity contribution in [3.63, 3.8) is 0 Å². The Bertz CT molecular complexity index is 314. The van der Waals surface area contributed by atoms with Gasteiger partial charge in [-0.05, 0) is 20.8 Å². The van der Waals surface area contributed by atoms with E-state index in [1.54, 1.807) is 6.07 Å². The molecule has 0 amide bonds. The van der Waals surface area contributed by atoms with Crippen LogP contribution in [0.1, 0.15) is 26.6 Å². The highest BCUT2D eigenvalue weighted by Crippen LogP contribution is 2.10. The normalized spacial score (nSPS) is 10.7. The second-order valence-electron chi connectivity index (χ2n) is 3.53. The van der Waals surface area contributed by atoms with Crippen LogP contribution in [0, 0.1) is 0 Å². The summed E-state index contributed by atoms with van der Waals surface area (Å²) in [5.74, 6) is 1.81. The molecular weight excluding hydrogens is 192 g/mol. The Balaban J connectivity index is 2.75. The summed E-state index contributed by atoms with van der Waals surface area (Å²) >= 11 is 0. The van der Waals surface area contributed by atoms with Crippen molar-refractivity contribution in [1.29, 1.82) is 0 Å².